The third-order valence-corrected chi connectivity index (χ3v) is 2.87. The van der Waals surface area contributed by atoms with Crippen LogP contribution >= 0.6 is 0 Å². The Balaban J connectivity index is 1.84. The summed E-state index contributed by atoms with van der Waals surface area (Å²) in [5.74, 6) is -0.215. The number of amides is 1. The molecular weight excluding hydrogens is 221 g/mol. The molecule has 0 aromatic heterocycles. The minimum absolute atomic E-state index is 0.279. The van der Waals surface area contributed by atoms with Gasteiger partial charge in [-0.25, -0.2) is 9.38 Å². The molecule has 17 heavy (non-hydrogen) atoms. The van der Waals surface area contributed by atoms with Gasteiger partial charge in [0.15, 0.2) is 12.0 Å². The van der Waals surface area contributed by atoms with Crippen molar-refractivity contribution in [1.82, 2.24) is 10.6 Å². The van der Waals surface area contributed by atoms with Crippen LogP contribution in [0, 0.1) is 5.82 Å². The molecule has 1 aromatic carbocycles. The maximum atomic E-state index is 13.5. The lowest BCUT2D eigenvalue weighted by molar-refractivity contribution is -0.120. The van der Waals surface area contributed by atoms with Gasteiger partial charge in [-0.05, 0) is 18.9 Å². The minimum atomic E-state index is -0.766. The Morgan fingerprint density at radius 2 is 2.12 bits per heavy atom. The van der Waals surface area contributed by atoms with Crippen molar-refractivity contribution in [1.29, 1.82) is 0 Å². The van der Waals surface area contributed by atoms with E-state index in [1.807, 2.05) is 0 Å². The molecule has 1 amide bonds. The van der Waals surface area contributed by atoms with Gasteiger partial charge in [-0.15, -0.1) is 0 Å². The van der Waals surface area contributed by atoms with Crippen LogP contribution in [0.2, 0.25) is 0 Å². The highest BCUT2D eigenvalue weighted by atomic mass is 19.1. The van der Waals surface area contributed by atoms with Crippen molar-refractivity contribution >= 4 is 11.9 Å². The van der Waals surface area contributed by atoms with Gasteiger partial charge < -0.3 is 5.32 Å². The van der Waals surface area contributed by atoms with Crippen LogP contribution in [-0.2, 0) is 4.79 Å². The Morgan fingerprint density at radius 3 is 2.82 bits per heavy atom. The molecule has 0 radical (unpaired) electrons. The van der Waals surface area contributed by atoms with Gasteiger partial charge in [-0.2, -0.15) is 0 Å². The molecule has 1 aliphatic carbocycles. The maximum absolute atomic E-state index is 13.5. The number of carbonyl (C=O) groups excluding carboxylic acids is 1. The van der Waals surface area contributed by atoms with Crippen LogP contribution < -0.4 is 10.6 Å². The van der Waals surface area contributed by atoms with Crippen molar-refractivity contribution in [3.8, 4) is 0 Å². The van der Waals surface area contributed by atoms with E-state index in [2.05, 4.69) is 15.6 Å². The van der Waals surface area contributed by atoms with E-state index in [0.29, 0.717) is 17.6 Å². The first-order valence-corrected chi connectivity index (χ1v) is 5.63. The van der Waals surface area contributed by atoms with Gasteiger partial charge in [0.1, 0.15) is 5.82 Å². The number of rotatable bonds is 2. The van der Waals surface area contributed by atoms with E-state index in [1.54, 1.807) is 18.2 Å². The average Bonchev–Trinajstić information content (AvgIpc) is 3.03. The highest BCUT2D eigenvalue weighted by Crippen LogP contribution is 2.25. The Hall–Kier alpha value is -1.91. The van der Waals surface area contributed by atoms with Crippen molar-refractivity contribution in [3.63, 3.8) is 0 Å². The van der Waals surface area contributed by atoms with Crippen molar-refractivity contribution < 1.29 is 9.18 Å². The molecular formula is C12H12FN3O. The summed E-state index contributed by atoms with van der Waals surface area (Å²) in [6.07, 6.45) is 2.19. The van der Waals surface area contributed by atoms with E-state index in [0.717, 1.165) is 12.8 Å². The monoisotopic (exact) mass is 233 g/mol. The number of guanidine groups is 1. The van der Waals surface area contributed by atoms with Crippen molar-refractivity contribution in [3.05, 3.63) is 35.6 Å². The molecule has 2 aliphatic rings. The molecule has 1 heterocycles. The largest absolute Gasteiger partial charge is 0.353 e. The molecule has 0 spiro atoms. The third kappa shape index (κ3) is 2.00. The molecule has 0 bridgehead atoms. The summed E-state index contributed by atoms with van der Waals surface area (Å²) in [5, 5.41) is 5.73. The second kappa shape index (κ2) is 3.84. The lowest BCUT2D eigenvalue weighted by Gasteiger charge is -2.05. The third-order valence-electron chi connectivity index (χ3n) is 2.87. The molecule has 0 saturated heterocycles. The summed E-state index contributed by atoms with van der Waals surface area (Å²) in [7, 11) is 0. The quantitative estimate of drug-likeness (QED) is 0.803. The fourth-order valence-electron chi connectivity index (χ4n) is 1.81. The Labute approximate surface area is 97.9 Å². The molecule has 1 aliphatic heterocycles. The number of carbonyl (C=O) groups is 1. The first kappa shape index (κ1) is 10.3. The Kier molecular flexibility index (Phi) is 2.31. The minimum Gasteiger partial charge on any atom is -0.353 e. The van der Waals surface area contributed by atoms with E-state index in [9.17, 15) is 9.18 Å². The summed E-state index contributed by atoms with van der Waals surface area (Å²) in [6.45, 7) is 0. The highest BCUT2D eigenvalue weighted by Gasteiger charge is 2.32. The number of hydrogen-bond donors (Lipinski definition) is 2. The number of nitrogens with one attached hydrogen (secondary N) is 2. The molecule has 1 aromatic rings. The van der Waals surface area contributed by atoms with Crippen LogP contribution in [0.4, 0.5) is 4.39 Å². The number of nitrogens with zero attached hydrogens (tertiary/aromatic N) is 1. The second-order valence-corrected chi connectivity index (χ2v) is 4.31. The lowest BCUT2D eigenvalue weighted by Crippen LogP contribution is -2.37. The van der Waals surface area contributed by atoms with Gasteiger partial charge in [0.25, 0.3) is 5.91 Å². The predicted molar refractivity (Wildman–Crippen MR) is 60.9 cm³/mol. The molecule has 4 nitrogen and oxygen atoms in total. The van der Waals surface area contributed by atoms with Gasteiger partial charge in [0, 0.05) is 11.6 Å². The molecule has 2 N–H and O–H groups in total. The average molecular weight is 233 g/mol. The molecule has 1 atom stereocenters. The zero-order valence-electron chi connectivity index (χ0n) is 9.11. The van der Waals surface area contributed by atoms with Gasteiger partial charge in [0.2, 0.25) is 0 Å². The molecule has 3 rings (SSSR count). The fourth-order valence-corrected chi connectivity index (χ4v) is 1.81. The van der Waals surface area contributed by atoms with Crippen molar-refractivity contribution in [2.24, 2.45) is 4.99 Å². The summed E-state index contributed by atoms with van der Waals surface area (Å²) >= 11 is 0. The summed E-state index contributed by atoms with van der Waals surface area (Å²) in [4.78, 5) is 15.9. The Bertz CT molecular complexity index is 496. The van der Waals surface area contributed by atoms with Crippen molar-refractivity contribution in [2.75, 3.05) is 0 Å². The standard InChI is InChI=1S/C12H12FN3O/c13-9-4-2-1-3-8(9)10-11(17)16-12(15-10)14-7-5-6-7/h1-4,7,10H,5-6H2,(H2,14,15,16,17). The molecule has 1 saturated carbocycles. The summed E-state index contributed by atoms with van der Waals surface area (Å²) in [6, 6.07) is 5.87. The first-order valence-electron chi connectivity index (χ1n) is 5.63. The van der Waals surface area contributed by atoms with Crippen LogP contribution in [0.1, 0.15) is 24.4 Å². The maximum Gasteiger partial charge on any atom is 0.256 e. The normalized spacial score (nSPS) is 23.2. The predicted octanol–water partition coefficient (Wildman–Crippen LogP) is 1.10. The van der Waals surface area contributed by atoms with E-state index >= 15 is 0 Å². The number of benzene rings is 1. The molecule has 88 valence electrons. The van der Waals surface area contributed by atoms with E-state index in [1.165, 1.54) is 6.07 Å². The Morgan fingerprint density at radius 1 is 1.35 bits per heavy atom. The summed E-state index contributed by atoms with van der Waals surface area (Å²) < 4.78 is 13.5. The SMILES string of the molecule is O=C1NC(NC2CC2)=NC1c1ccccc1F. The highest BCUT2D eigenvalue weighted by molar-refractivity contribution is 6.05. The molecule has 1 unspecified atom stereocenters. The number of halogens is 1. The van der Waals surface area contributed by atoms with Gasteiger partial charge in [0.05, 0.1) is 0 Å². The van der Waals surface area contributed by atoms with E-state index < -0.39 is 11.9 Å². The number of aliphatic imine (C=N–C) groups is 1. The van der Waals surface area contributed by atoms with Crippen LogP contribution in [-0.4, -0.2) is 17.9 Å². The number of hydrogen-bond acceptors (Lipinski definition) is 3. The van der Waals surface area contributed by atoms with Crippen LogP contribution in [0.15, 0.2) is 29.3 Å². The fraction of sp³-hybridized carbons (Fsp3) is 0.333. The topological polar surface area (TPSA) is 53.5 Å². The van der Waals surface area contributed by atoms with Crippen molar-refractivity contribution in [2.45, 2.75) is 24.9 Å². The van der Waals surface area contributed by atoms with E-state index in [4.69, 9.17) is 0 Å². The van der Waals surface area contributed by atoms with Gasteiger partial charge >= 0.3 is 0 Å². The van der Waals surface area contributed by atoms with Crippen LogP contribution in [0.3, 0.4) is 0 Å². The molecule has 5 heteroatoms. The second-order valence-electron chi connectivity index (χ2n) is 4.31. The zero-order valence-corrected chi connectivity index (χ0v) is 9.11. The summed E-state index contributed by atoms with van der Waals surface area (Å²) in [5.41, 5.74) is 0.317. The van der Waals surface area contributed by atoms with E-state index in [-0.39, 0.29) is 5.91 Å². The first-order chi connectivity index (χ1) is 8.24. The van der Waals surface area contributed by atoms with Gasteiger partial charge in [-0.1, -0.05) is 18.2 Å². The lowest BCUT2D eigenvalue weighted by atomic mass is 10.1. The van der Waals surface area contributed by atoms with Crippen LogP contribution in [0.25, 0.3) is 0 Å². The van der Waals surface area contributed by atoms with Gasteiger partial charge in [-0.3, -0.25) is 10.1 Å². The zero-order chi connectivity index (χ0) is 11.8. The molecule has 1 fully saturated rings. The van der Waals surface area contributed by atoms with Crippen LogP contribution in [0.5, 0.6) is 0 Å². The smallest absolute Gasteiger partial charge is 0.256 e.